The highest BCUT2D eigenvalue weighted by Gasteiger charge is 2.12. The first-order valence-electron chi connectivity index (χ1n) is 7.99. The maximum Gasteiger partial charge on any atom is 0.216 e. The second kappa shape index (κ2) is 8.03. The van der Waals surface area contributed by atoms with E-state index in [0.29, 0.717) is 17.9 Å². The molecule has 0 fully saturated rings. The second-order valence-electron chi connectivity index (χ2n) is 5.63. The third-order valence-electron chi connectivity index (χ3n) is 3.86. The van der Waals surface area contributed by atoms with Crippen molar-refractivity contribution in [2.24, 2.45) is 5.10 Å². The summed E-state index contributed by atoms with van der Waals surface area (Å²) >= 11 is 5.19. The van der Waals surface area contributed by atoms with Crippen molar-refractivity contribution in [2.75, 3.05) is 25.1 Å². The lowest BCUT2D eigenvalue weighted by molar-refractivity contribution is 0.304. The SMILES string of the molecule is CN(CCO)c1ccc(/C=N\n2c(-c3ccccc3F)n[nH]c2=S)cc1. The molecule has 0 saturated heterocycles. The molecule has 0 unspecified atom stereocenters. The summed E-state index contributed by atoms with van der Waals surface area (Å²) in [6.45, 7) is 0.654. The summed E-state index contributed by atoms with van der Waals surface area (Å²) in [4.78, 5) is 1.95. The highest BCUT2D eigenvalue weighted by Crippen LogP contribution is 2.20. The zero-order valence-electron chi connectivity index (χ0n) is 14.1. The first-order valence-corrected chi connectivity index (χ1v) is 8.39. The average molecular weight is 371 g/mol. The molecule has 26 heavy (non-hydrogen) atoms. The van der Waals surface area contributed by atoms with E-state index in [9.17, 15) is 4.39 Å². The number of halogens is 1. The smallest absolute Gasteiger partial charge is 0.216 e. The number of H-pyrrole nitrogens is 1. The lowest BCUT2D eigenvalue weighted by Crippen LogP contribution is -2.20. The minimum atomic E-state index is -0.394. The fraction of sp³-hybridized carbons (Fsp3) is 0.167. The molecule has 134 valence electrons. The third kappa shape index (κ3) is 3.87. The summed E-state index contributed by atoms with van der Waals surface area (Å²) in [5, 5.41) is 20.1. The summed E-state index contributed by atoms with van der Waals surface area (Å²) in [5.74, 6) is -0.0853. The Kier molecular flexibility index (Phi) is 5.55. The number of hydrogen-bond donors (Lipinski definition) is 2. The van der Waals surface area contributed by atoms with Crippen molar-refractivity contribution < 1.29 is 9.50 Å². The van der Waals surface area contributed by atoms with Gasteiger partial charge in [-0.15, -0.1) is 0 Å². The van der Waals surface area contributed by atoms with Crippen LogP contribution in [0.15, 0.2) is 53.6 Å². The number of benzene rings is 2. The van der Waals surface area contributed by atoms with E-state index in [0.717, 1.165) is 11.3 Å². The van der Waals surface area contributed by atoms with Crippen molar-refractivity contribution in [3.63, 3.8) is 0 Å². The van der Waals surface area contributed by atoms with Gasteiger partial charge in [0, 0.05) is 19.3 Å². The molecule has 2 aromatic carbocycles. The number of aromatic nitrogens is 3. The minimum absolute atomic E-state index is 0.0945. The summed E-state index contributed by atoms with van der Waals surface area (Å²) < 4.78 is 15.7. The van der Waals surface area contributed by atoms with Crippen LogP contribution in [0.1, 0.15) is 5.56 Å². The molecule has 0 aliphatic rings. The Balaban J connectivity index is 1.87. The fourth-order valence-corrected chi connectivity index (χ4v) is 2.61. The first kappa shape index (κ1) is 18.0. The Labute approximate surface area is 155 Å². The molecule has 3 rings (SSSR count). The largest absolute Gasteiger partial charge is 0.395 e. The third-order valence-corrected chi connectivity index (χ3v) is 4.12. The Bertz CT molecular complexity index is 964. The van der Waals surface area contributed by atoms with Crippen LogP contribution in [-0.4, -0.2) is 46.4 Å². The highest BCUT2D eigenvalue weighted by atomic mass is 32.1. The molecule has 3 aromatic rings. The van der Waals surface area contributed by atoms with Gasteiger partial charge < -0.3 is 10.0 Å². The van der Waals surface area contributed by atoms with Crippen LogP contribution < -0.4 is 4.90 Å². The number of aliphatic hydroxyl groups is 1. The maximum atomic E-state index is 14.0. The van der Waals surface area contributed by atoms with Crippen LogP contribution in [0.3, 0.4) is 0 Å². The lowest BCUT2D eigenvalue weighted by atomic mass is 10.2. The van der Waals surface area contributed by atoms with Gasteiger partial charge >= 0.3 is 0 Å². The molecule has 0 spiro atoms. The molecule has 0 radical (unpaired) electrons. The van der Waals surface area contributed by atoms with Gasteiger partial charge in [0.1, 0.15) is 5.82 Å². The Morgan fingerprint density at radius 1 is 1.27 bits per heavy atom. The number of rotatable bonds is 6. The van der Waals surface area contributed by atoms with E-state index in [1.807, 2.05) is 36.2 Å². The summed E-state index contributed by atoms with van der Waals surface area (Å²) in [5.41, 5.74) is 2.16. The van der Waals surface area contributed by atoms with Crippen LogP contribution in [-0.2, 0) is 0 Å². The normalized spacial score (nSPS) is 11.2. The number of nitrogens with one attached hydrogen (secondary N) is 1. The van der Waals surface area contributed by atoms with Crippen molar-refractivity contribution in [2.45, 2.75) is 0 Å². The fourth-order valence-electron chi connectivity index (χ4n) is 2.43. The van der Waals surface area contributed by atoms with E-state index in [-0.39, 0.29) is 11.4 Å². The van der Waals surface area contributed by atoms with Crippen molar-refractivity contribution >= 4 is 24.1 Å². The van der Waals surface area contributed by atoms with Crippen molar-refractivity contribution in [1.29, 1.82) is 0 Å². The van der Waals surface area contributed by atoms with E-state index in [1.165, 1.54) is 10.7 Å². The molecule has 2 N–H and O–H groups in total. The molecule has 0 aliphatic carbocycles. The van der Waals surface area contributed by atoms with Crippen LogP contribution >= 0.6 is 12.2 Å². The molecule has 0 amide bonds. The monoisotopic (exact) mass is 371 g/mol. The topological polar surface area (TPSA) is 69.4 Å². The Hall–Kier alpha value is -2.84. The van der Waals surface area contributed by atoms with Crippen LogP contribution in [0.25, 0.3) is 11.4 Å². The van der Waals surface area contributed by atoms with E-state index in [2.05, 4.69) is 15.3 Å². The predicted octanol–water partition coefficient (Wildman–Crippen LogP) is 3.06. The van der Waals surface area contributed by atoms with Gasteiger partial charge in [-0.2, -0.15) is 14.9 Å². The van der Waals surface area contributed by atoms with Gasteiger partial charge in [0.2, 0.25) is 4.77 Å². The molecule has 1 heterocycles. The highest BCUT2D eigenvalue weighted by molar-refractivity contribution is 7.71. The second-order valence-corrected chi connectivity index (χ2v) is 6.01. The summed E-state index contributed by atoms with van der Waals surface area (Å²) in [6.07, 6.45) is 1.63. The van der Waals surface area contributed by atoms with Crippen molar-refractivity contribution in [3.05, 3.63) is 64.7 Å². The van der Waals surface area contributed by atoms with Gasteiger partial charge in [0.05, 0.1) is 18.4 Å². The van der Waals surface area contributed by atoms with Crippen LogP contribution in [0.2, 0.25) is 0 Å². The molecular weight excluding hydrogens is 353 g/mol. The standard InChI is InChI=1S/C18H18FN5OS/c1-23(10-11-25)14-8-6-13(7-9-14)12-20-24-17(21-22-18(24)26)15-4-2-3-5-16(15)19/h2-9,12,25H,10-11H2,1H3,(H,22,26)/b20-12-. The molecule has 0 aliphatic heterocycles. The van der Waals surface area contributed by atoms with Crippen LogP contribution in [0.5, 0.6) is 0 Å². The molecule has 6 nitrogen and oxygen atoms in total. The van der Waals surface area contributed by atoms with E-state index >= 15 is 0 Å². The van der Waals surface area contributed by atoms with Crippen molar-refractivity contribution in [3.8, 4) is 11.4 Å². The zero-order valence-corrected chi connectivity index (χ0v) is 14.9. The maximum absolute atomic E-state index is 14.0. The van der Waals surface area contributed by atoms with Gasteiger partial charge in [-0.1, -0.05) is 24.3 Å². The molecule has 0 atom stereocenters. The van der Waals surface area contributed by atoms with E-state index in [1.54, 1.807) is 24.4 Å². The Morgan fingerprint density at radius 2 is 2.00 bits per heavy atom. The summed E-state index contributed by atoms with van der Waals surface area (Å²) in [7, 11) is 1.91. The van der Waals surface area contributed by atoms with Gasteiger partial charge in [-0.05, 0) is 42.0 Å². The zero-order chi connectivity index (χ0) is 18.5. The first-order chi connectivity index (χ1) is 12.6. The minimum Gasteiger partial charge on any atom is -0.395 e. The molecule has 0 bridgehead atoms. The predicted molar refractivity (Wildman–Crippen MR) is 103 cm³/mol. The molecule has 1 aromatic heterocycles. The molecular formula is C18H18FN5OS. The average Bonchev–Trinajstić information content (AvgIpc) is 3.01. The molecule has 0 saturated carbocycles. The lowest BCUT2D eigenvalue weighted by Gasteiger charge is -2.17. The number of anilines is 1. The van der Waals surface area contributed by atoms with Gasteiger partial charge in [0.15, 0.2) is 5.82 Å². The number of likely N-dealkylation sites (N-methyl/N-ethyl adjacent to an activating group) is 1. The van der Waals surface area contributed by atoms with E-state index < -0.39 is 5.82 Å². The number of aromatic amines is 1. The van der Waals surface area contributed by atoms with Gasteiger partial charge in [-0.3, -0.25) is 0 Å². The number of nitrogens with zero attached hydrogens (tertiary/aromatic N) is 4. The number of aliphatic hydroxyl groups excluding tert-OH is 1. The van der Waals surface area contributed by atoms with Gasteiger partial charge in [-0.25, -0.2) is 9.49 Å². The van der Waals surface area contributed by atoms with Crippen LogP contribution in [0.4, 0.5) is 10.1 Å². The quantitative estimate of drug-likeness (QED) is 0.516. The molecule has 8 heteroatoms. The van der Waals surface area contributed by atoms with Gasteiger partial charge in [0.25, 0.3) is 0 Å². The van der Waals surface area contributed by atoms with Crippen LogP contribution in [0, 0.1) is 10.6 Å². The number of hydrogen-bond acceptors (Lipinski definition) is 5. The summed E-state index contributed by atoms with van der Waals surface area (Å²) in [6, 6.07) is 14.0. The van der Waals surface area contributed by atoms with Crippen molar-refractivity contribution in [1.82, 2.24) is 14.9 Å². The van der Waals surface area contributed by atoms with E-state index in [4.69, 9.17) is 17.3 Å². The Morgan fingerprint density at radius 3 is 2.69 bits per heavy atom.